The number of ether oxygens (including phenoxy) is 1. The molecule has 3 heterocycles. The van der Waals surface area contributed by atoms with Crippen molar-refractivity contribution in [1.82, 2.24) is 30.2 Å². The van der Waals surface area contributed by atoms with Gasteiger partial charge in [-0.05, 0) is 32.6 Å². The van der Waals surface area contributed by atoms with Crippen LogP contribution in [0.15, 0.2) is 24.3 Å². The Labute approximate surface area is 343 Å². The Morgan fingerprint density at radius 3 is 2.41 bits per heavy atom. The second kappa shape index (κ2) is 21.9. The number of carbonyl (C=O) groups is 3. The fraction of sp³-hybridized carbons (Fsp3) is 0.677. The van der Waals surface area contributed by atoms with E-state index >= 15 is 0 Å². The Hall–Kier alpha value is -2.70. The van der Waals surface area contributed by atoms with Crippen molar-refractivity contribution < 1.29 is 80.5 Å². The zero-order valence-electron chi connectivity index (χ0n) is 32.9. The highest BCUT2D eigenvalue weighted by atomic mass is 32.2. The van der Waals surface area contributed by atoms with Crippen molar-refractivity contribution in [3.05, 3.63) is 24.3 Å². The molecule has 334 valence electrons. The predicted octanol–water partition coefficient (Wildman–Crippen LogP) is 1.44. The Morgan fingerprint density at radius 2 is 1.75 bits per heavy atom. The summed E-state index contributed by atoms with van der Waals surface area (Å²) >= 11 is 1.12. The molecule has 1 saturated heterocycles. The first kappa shape index (κ1) is 50.7. The number of hydrogen-bond acceptors (Lipinski definition) is 18. The van der Waals surface area contributed by atoms with Crippen LogP contribution in [0.5, 0.6) is 0 Å². The van der Waals surface area contributed by atoms with E-state index in [9.17, 15) is 57.9 Å². The van der Waals surface area contributed by atoms with Gasteiger partial charge in [0.15, 0.2) is 22.8 Å². The van der Waals surface area contributed by atoms with Gasteiger partial charge in [0.2, 0.25) is 11.8 Å². The monoisotopic (exact) mass is 919 g/mol. The molecule has 2 aromatic heterocycles. The summed E-state index contributed by atoms with van der Waals surface area (Å²) in [6.45, 7) is 6.58. The molecular weight excluding hydrogens is 867 g/mol. The fourth-order valence-corrected chi connectivity index (χ4v) is 9.06. The number of phosphoric ester groups is 3. The van der Waals surface area contributed by atoms with Gasteiger partial charge < -0.3 is 50.9 Å². The number of fused-ring (bicyclic) bond motifs is 1. The molecule has 1 aliphatic heterocycles. The van der Waals surface area contributed by atoms with Gasteiger partial charge >= 0.3 is 23.5 Å². The second-order valence-electron chi connectivity index (χ2n) is 14.5. The second-order valence-corrected chi connectivity index (χ2v) is 19.8. The number of allylic oxidation sites excluding steroid dienone is 2. The van der Waals surface area contributed by atoms with Crippen LogP contribution in [-0.2, 0) is 50.7 Å². The number of aromatic nitrogens is 4. The first-order chi connectivity index (χ1) is 27.3. The van der Waals surface area contributed by atoms with E-state index in [1.165, 1.54) is 19.4 Å². The zero-order valence-corrected chi connectivity index (χ0v) is 36.3. The number of nitrogen functional groups attached to an aromatic ring is 1. The molecule has 3 unspecified atom stereocenters. The molecule has 24 nitrogen and oxygen atoms in total. The Morgan fingerprint density at radius 1 is 1.07 bits per heavy atom. The third-order valence-corrected chi connectivity index (χ3v) is 12.5. The molecule has 10 N–H and O–H groups in total. The topological polar surface area (TPSA) is 364 Å². The molecule has 1 fully saturated rings. The lowest BCUT2D eigenvalue weighted by atomic mass is 9.87. The van der Waals surface area contributed by atoms with Crippen LogP contribution in [0.2, 0.25) is 0 Å². The van der Waals surface area contributed by atoms with E-state index in [-0.39, 0.29) is 47.5 Å². The summed E-state index contributed by atoms with van der Waals surface area (Å²) in [6, 6.07) is 0. The molecule has 0 saturated carbocycles. The van der Waals surface area contributed by atoms with Crippen LogP contribution in [0, 0.1) is 11.3 Å². The van der Waals surface area contributed by atoms with Crippen molar-refractivity contribution in [3.8, 4) is 0 Å². The van der Waals surface area contributed by atoms with Gasteiger partial charge in [-0.2, -0.15) is 4.31 Å². The minimum Gasteiger partial charge on any atom is -0.386 e. The number of imidazole rings is 1. The number of amides is 2. The lowest BCUT2D eigenvalue weighted by molar-refractivity contribution is -0.137. The molecule has 2 amide bonds. The van der Waals surface area contributed by atoms with Gasteiger partial charge in [0.05, 0.1) is 19.5 Å². The summed E-state index contributed by atoms with van der Waals surface area (Å²) in [5.74, 6) is -0.835. The summed E-state index contributed by atoms with van der Waals surface area (Å²) in [5, 5.41) is 26.5. The molecule has 0 bridgehead atoms. The van der Waals surface area contributed by atoms with E-state index in [1.807, 2.05) is 20.8 Å². The molecular formula is C31H52N7O17P3S. The molecule has 8 atom stereocenters. The molecule has 59 heavy (non-hydrogen) atoms. The average Bonchev–Trinajstić information content (AvgIpc) is 3.67. The summed E-state index contributed by atoms with van der Waals surface area (Å²) < 4.78 is 62.2. The molecule has 1 aliphatic rings. The number of anilines is 1. The molecule has 0 spiro atoms. The molecule has 2 aromatic rings. The number of rotatable bonds is 24. The molecule has 0 aliphatic carbocycles. The van der Waals surface area contributed by atoms with E-state index in [1.54, 1.807) is 0 Å². The van der Waals surface area contributed by atoms with E-state index in [0.29, 0.717) is 12.2 Å². The third-order valence-electron chi connectivity index (χ3n) is 8.49. The maximum Gasteiger partial charge on any atom is 0.481 e. The van der Waals surface area contributed by atoms with Gasteiger partial charge in [-0.1, -0.05) is 44.2 Å². The Balaban J connectivity index is 1.44. The predicted molar refractivity (Wildman–Crippen MR) is 210 cm³/mol. The molecule has 0 radical (unpaired) electrons. The van der Waals surface area contributed by atoms with Crippen LogP contribution in [-0.4, -0.2) is 123 Å². The van der Waals surface area contributed by atoms with Crippen molar-refractivity contribution in [3.63, 3.8) is 0 Å². The number of phosphoric acid groups is 3. The number of carbonyl (C=O) groups excluding carboxylic acids is 3. The minimum atomic E-state index is -5.57. The summed E-state index contributed by atoms with van der Waals surface area (Å²) in [7, 11) is -16.4. The standard InChI is InChI=1S/C31H52N7O17P3S/c1-18(2)7-6-8-19(3)13-22(40)59-12-11-33-21(39)9-10-34-29(43)26(42)31(4,5)15-52-58(49,50)55-57(47,48)51-14-20-25(54-56(44,45)46)24(41)30(53-20)38-17-37-23-27(32)35-16-36-28(23)38/h7,16-17,19-20,24-26,30,41-42H,6,8-15H2,1-5H3,(H,33,39)(H,34,43)(H,47,48)(H,49,50)(H2,32,35,36)(H2,44,45,46)/t19?,20-,24-,25-,26+,30-/m1/s1. The summed E-state index contributed by atoms with van der Waals surface area (Å²) in [5.41, 5.74) is 5.50. The van der Waals surface area contributed by atoms with E-state index in [0.717, 1.165) is 41.8 Å². The molecule has 3 rings (SSSR count). The number of aliphatic hydroxyl groups excluding tert-OH is 2. The minimum absolute atomic E-state index is 0.0286. The van der Waals surface area contributed by atoms with Crippen molar-refractivity contribution >= 4 is 69.1 Å². The van der Waals surface area contributed by atoms with E-state index in [2.05, 4.69) is 40.5 Å². The quantitative estimate of drug-likeness (QED) is 0.0408. The Kier molecular flexibility index (Phi) is 18.8. The van der Waals surface area contributed by atoms with Crippen LogP contribution in [0.25, 0.3) is 11.2 Å². The Bertz CT molecular complexity index is 1940. The number of hydrogen-bond donors (Lipinski definition) is 9. The largest absolute Gasteiger partial charge is 0.481 e. The van der Waals surface area contributed by atoms with Crippen LogP contribution >= 0.6 is 35.2 Å². The number of nitrogens with one attached hydrogen (secondary N) is 2. The summed E-state index contributed by atoms with van der Waals surface area (Å²) in [6.07, 6.45) is -2.54. The fourth-order valence-electron chi connectivity index (χ4n) is 5.40. The van der Waals surface area contributed by atoms with Crippen molar-refractivity contribution in [1.29, 1.82) is 0 Å². The normalized spacial score (nSPS) is 21.6. The molecule has 28 heteroatoms. The molecule has 0 aromatic carbocycles. The smallest absolute Gasteiger partial charge is 0.386 e. The maximum atomic E-state index is 12.7. The third kappa shape index (κ3) is 16.6. The maximum absolute atomic E-state index is 12.7. The first-order valence-corrected chi connectivity index (χ1v) is 23.5. The number of aliphatic hydroxyl groups is 2. The zero-order chi connectivity index (χ0) is 44.3. The van der Waals surface area contributed by atoms with E-state index < -0.39 is 84.6 Å². The number of nitrogens with zero attached hydrogens (tertiary/aromatic N) is 4. The van der Waals surface area contributed by atoms with Gasteiger partial charge in [0, 0.05) is 37.1 Å². The van der Waals surface area contributed by atoms with E-state index in [4.69, 9.17) is 19.5 Å². The van der Waals surface area contributed by atoms with Crippen LogP contribution < -0.4 is 16.4 Å². The lowest BCUT2D eigenvalue weighted by Gasteiger charge is -2.30. The highest BCUT2D eigenvalue weighted by molar-refractivity contribution is 8.13. The van der Waals surface area contributed by atoms with Crippen molar-refractivity contribution in [2.24, 2.45) is 11.3 Å². The van der Waals surface area contributed by atoms with Crippen LogP contribution in [0.3, 0.4) is 0 Å². The van der Waals surface area contributed by atoms with Gasteiger partial charge in [0.1, 0.15) is 36.3 Å². The highest BCUT2D eigenvalue weighted by Gasteiger charge is 2.50. The van der Waals surface area contributed by atoms with Gasteiger partial charge in [-0.15, -0.1) is 0 Å². The van der Waals surface area contributed by atoms with Crippen molar-refractivity contribution in [2.75, 3.05) is 37.8 Å². The first-order valence-electron chi connectivity index (χ1n) is 18.0. The SMILES string of the molecule is CC(C)=CCCC(C)CC(=O)SCCNC(=O)CCNC(=O)[C@H](O)C(C)(C)COP(=O)(O)OP(=O)(O)OC[C@H]1O[C@@H](n2cnc3c(N)ncnc32)[C@H](O)[C@@H]1OP(=O)(O)O. The highest BCUT2D eigenvalue weighted by Crippen LogP contribution is 2.61. The van der Waals surface area contributed by atoms with Crippen molar-refractivity contribution in [2.45, 2.75) is 90.9 Å². The van der Waals surface area contributed by atoms with Gasteiger partial charge in [-0.25, -0.2) is 28.6 Å². The van der Waals surface area contributed by atoms with Gasteiger partial charge in [0.25, 0.3) is 0 Å². The van der Waals surface area contributed by atoms with Crippen LogP contribution in [0.4, 0.5) is 5.82 Å². The number of nitrogens with two attached hydrogens (primary N) is 1. The lowest BCUT2D eigenvalue weighted by Crippen LogP contribution is -2.46. The van der Waals surface area contributed by atoms with Crippen LogP contribution in [0.1, 0.15) is 66.5 Å². The summed E-state index contributed by atoms with van der Waals surface area (Å²) in [4.78, 5) is 88.0. The van der Waals surface area contributed by atoms with Gasteiger partial charge in [-0.3, -0.25) is 32.5 Å². The average molecular weight is 920 g/mol. The number of thioether (sulfide) groups is 1.